The molecule has 0 atom stereocenters. The zero-order valence-electron chi connectivity index (χ0n) is 32.9. The van der Waals surface area contributed by atoms with Gasteiger partial charge in [-0.3, -0.25) is 14.4 Å². The van der Waals surface area contributed by atoms with Crippen molar-refractivity contribution in [2.75, 3.05) is 37.3 Å². The van der Waals surface area contributed by atoms with Crippen molar-refractivity contribution in [2.24, 2.45) is 0 Å². The van der Waals surface area contributed by atoms with Crippen LogP contribution >= 0.6 is 34.8 Å². The molecule has 6 rings (SSSR count). The van der Waals surface area contributed by atoms with E-state index in [4.69, 9.17) is 49.0 Å². The number of anilines is 3. The van der Waals surface area contributed by atoms with Crippen LogP contribution in [0.25, 0.3) is 18.2 Å². The summed E-state index contributed by atoms with van der Waals surface area (Å²) in [5, 5.41) is 10.3. The van der Waals surface area contributed by atoms with Gasteiger partial charge in [0.25, 0.3) is 0 Å². The molecule has 9 nitrogen and oxygen atoms in total. The summed E-state index contributed by atoms with van der Waals surface area (Å²) in [5.41, 5.74) is 4.81. The van der Waals surface area contributed by atoms with Crippen LogP contribution in [-0.4, -0.2) is 39.1 Å². The minimum absolute atomic E-state index is 0.201. The quantitative estimate of drug-likeness (QED) is 0.106. The number of methoxy groups -OCH3 is 3. The van der Waals surface area contributed by atoms with E-state index in [0.29, 0.717) is 49.4 Å². The smallest absolute Gasteiger partial charge is 0.248 e. The molecule has 0 aromatic heterocycles. The molecule has 0 heterocycles. The van der Waals surface area contributed by atoms with Crippen molar-refractivity contribution in [1.29, 1.82) is 0 Å². The van der Waals surface area contributed by atoms with E-state index in [-0.39, 0.29) is 17.7 Å². The van der Waals surface area contributed by atoms with Gasteiger partial charge in [0.15, 0.2) is 0 Å². The second-order valence-corrected chi connectivity index (χ2v) is 13.6. The Labute approximate surface area is 364 Å². The molecule has 6 aromatic rings. The molecule has 306 valence electrons. The van der Waals surface area contributed by atoms with Gasteiger partial charge >= 0.3 is 0 Å². The lowest BCUT2D eigenvalue weighted by molar-refractivity contribution is -0.112. The van der Waals surface area contributed by atoms with E-state index in [1.54, 1.807) is 112 Å². The van der Waals surface area contributed by atoms with E-state index in [9.17, 15) is 14.4 Å². The molecule has 0 aliphatic rings. The minimum Gasteiger partial charge on any atom is -0.497 e. The number of benzene rings is 6. The number of halogens is 3. The number of hydrogen-bond acceptors (Lipinski definition) is 6. The topological polar surface area (TPSA) is 115 Å². The van der Waals surface area contributed by atoms with Crippen molar-refractivity contribution in [1.82, 2.24) is 0 Å². The van der Waals surface area contributed by atoms with Gasteiger partial charge < -0.3 is 30.2 Å². The number of amides is 3. The summed E-state index contributed by atoms with van der Waals surface area (Å²) < 4.78 is 15.3. The van der Waals surface area contributed by atoms with Crippen molar-refractivity contribution in [3.8, 4) is 17.2 Å². The average molecular weight is 863 g/mol. The molecule has 0 unspecified atom stereocenters. The number of carbonyl (C=O) groups is 3. The zero-order chi connectivity index (χ0) is 43.1. The summed E-state index contributed by atoms with van der Waals surface area (Å²) in [5.74, 6) is 1.49. The molecule has 60 heavy (non-hydrogen) atoms. The Morgan fingerprint density at radius 2 is 0.650 bits per heavy atom. The number of hydrogen-bond donors (Lipinski definition) is 3. The lowest BCUT2D eigenvalue weighted by atomic mass is 10.2. The van der Waals surface area contributed by atoms with Gasteiger partial charge in [0.2, 0.25) is 17.7 Å². The Bertz CT molecular complexity index is 2130. The van der Waals surface area contributed by atoms with Gasteiger partial charge in [-0.05, 0) is 108 Å². The first kappa shape index (κ1) is 45.9. The van der Waals surface area contributed by atoms with Crippen LogP contribution < -0.4 is 30.2 Å². The first-order valence-corrected chi connectivity index (χ1v) is 19.3. The Morgan fingerprint density at radius 1 is 0.400 bits per heavy atom. The Hall–Kier alpha value is -6.78. The molecule has 0 aliphatic carbocycles. The molecule has 0 fully saturated rings. The predicted octanol–water partition coefficient (Wildman–Crippen LogP) is 12.0. The first-order valence-electron chi connectivity index (χ1n) is 18.2. The fourth-order valence-electron chi connectivity index (χ4n) is 4.89. The van der Waals surface area contributed by atoms with Crippen LogP contribution in [0.4, 0.5) is 17.1 Å². The Morgan fingerprint density at radius 3 is 0.883 bits per heavy atom. The molecule has 0 saturated carbocycles. The SMILES string of the molecule is COc1cccc(NC(=O)/C=C/c2ccc(Cl)cc2)c1.COc1cccc(NC(=O)/C=C/c2ccc(Cl)cc2)c1.COc1cccc(NC(=O)/C=C/c2ccc(Cl)cc2)c1. The highest BCUT2D eigenvalue weighted by Gasteiger charge is 2.02. The third kappa shape index (κ3) is 17.4. The second-order valence-electron chi connectivity index (χ2n) is 12.3. The second kappa shape index (κ2) is 24.9. The molecule has 3 N–H and O–H groups in total. The molecule has 12 heteroatoms. The highest BCUT2D eigenvalue weighted by atomic mass is 35.5. The number of nitrogens with one attached hydrogen (secondary N) is 3. The summed E-state index contributed by atoms with van der Waals surface area (Å²) in [7, 11) is 4.75. The third-order valence-corrected chi connectivity index (χ3v) is 8.66. The van der Waals surface area contributed by atoms with Crippen LogP contribution in [0.5, 0.6) is 17.2 Å². The molecular weight excluding hydrogens is 821 g/mol. The van der Waals surface area contributed by atoms with Crippen LogP contribution in [0.3, 0.4) is 0 Å². The highest BCUT2D eigenvalue weighted by Crippen LogP contribution is 2.20. The fourth-order valence-corrected chi connectivity index (χ4v) is 5.27. The van der Waals surface area contributed by atoms with Crippen molar-refractivity contribution < 1.29 is 28.6 Å². The summed E-state index contributed by atoms with van der Waals surface area (Å²) in [4.78, 5) is 35.4. The summed E-state index contributed by atoms with van der Waals surface area (Å²) in [6, 6.07) is 43.3. The molecule has 3 amide bonds. The largest absolute Gasteiger partial charge is 0.497 e. The maximum absolute atomic E-state index is 11.8. The summed E-state index contributed by atoms with van der Waals surface area (Å²) in [6.45, 7) is 0. The van der Waals surface area contributed by atoms with Crippen molar-refractivity contribution in [2.45, 2.75) is 0 Å². The van der Waals surface area contributed by atoms with Gasteiger partial charge in [-0.1, -0.05) is 89.4 Å². The van der Waals surface area contributed by atoms with Gasteiger partial charge in [-0.25, -0.2) is 0 Å². The van der Waals surface area contributed by atoms with Gasteiger partial charge in [0.05, 0.1) is 21.3 Å². The fraction of sp³-hybridized carbons (Fsp3) is 0.0625. The lowest BCUT2D eigenvalue weighted by Crippen LogP contribution is -2.07. The van der Waals surface area contributed by atoms with Crippen molar-refractivity contribution in [3.05, 3.63) is 196 Å². The van der Waals surface area contributed by atoms with Gasteiger partial charge in [-0.2, -0.15) is 0 Å². The number of carbonyl (C=O) groups excluding carboxylic acids is 3. The first-order chi connectivity index (χ1) is 29.0. The Kier molecular flexibility index (Phi) is 19.0. The maximum Gasteiger partial charge on any atom is 0.248 e. The van der Waals surface area contributed by atoms with E-state index in [2.05, 4.69) is 16.0 Å². The minimum atomic E-state index is -0.201. The van der Waals surface area contributed by atoms with E-state index in [1.807, 2.05) is 72.8 Å². The predicted molar refractivity (Wildman–Crippen MR) is 246 cm³/mol. The van der Waals surface area contributed by atoms with Crippen LogP contribution in [0, 0.1) is 0 Å². The number of rotatable bonds is 12. The van der Waals surface area contributed by atoms with Crippen LogP contribution in [-0.2, 0) is 14.4 Å². The number of ether oxygens (including phenoxy) is 3. The zero-order valence-corrected chi connectivity index (χ0v) is 35.2. The highest BCUT2D eigenvalue weighted by molar-refractivity contribution is 6.31. The van der Waals surface area contributed by atoms with Crippen molar-refractivity contribution in [3.63, 3.8) is 0 Å². The molecular formula is C48H42Cl3N3O6. The van der Waals surface area contributed by atoms with Crippen LogP contribution in [0.1, 0.15) is 16.7 Å². The molecule has 0 spiro atoms. The molecule has 0 aliphatic heterocycles. The maximum atomic E-state index is 11.8. The Balaban J connectivity index is 0.000000198. The normalized spacial score (nSPS) is 10.5. The van der Waals surface area contributed by atoms with Gasteiger partial charge in [0.1, 0.15) is 17.2 Å². The van der Waals surface area contributed by atoms with Gasteiger partial charge in [-0.15, -0.1) is 0 Å². The van der Waals surface area contributed by atoms with Gasteiger partial charge in [0, 0.05) is 68.6 Å². The molecule has 0 saturated heterocycles. The average Bonchev–Trinajstić information content (AvgIpc) is 3.26. The lowest BCUT2D eigenvalue weighted by Gasteiger charge is -2.04. The standard InChI is InChI=1S/3C16H14ClNO2/c3*1-20-15-4-2-3-14(11-15)18-16(19)10-7-12-5-8-13(17)9-6-12/h3*2-11H,1H3,(H,18,19)/b3*10-7+. The van der Waals surface area contributed by atoms with Crippen molar-refractivity contribution >= 4 is 87.8 Å². The summed E-state index contributed by atoms with van der Waals surface area (Å²) >= 11 is 17.4. The summed E-state index contributed by atoms with van der Waals surface area (Å²) in [6.07, 6.45) is 9.61. The third-order valence-electron chi connectivity index (χ3n) is 7.90. The molecule has 6 aromatic carbocycles. The van der Waals surface area contributed by atoms with Crippen LogP contribution in [0.15, 0.2) is 164 Å². The van der Waals surface area contributed by atoms with Crippen LogP contribution in [0.2, 0.25) is 15.1 Å². The van der Waals surface area contributed by atoms with E-state index < -0.39 is 0 Å². The molecule has 0 bridgehead atoms. The monoisotopic (exact) mass is 861 g/mol. The van der Waals surface area contributed by atoms with E-state index >= 15 is 0 Å². The molecule has 0 radical (unpaired) electrons. The van der Waals surface area contributed by atoms with E-state index in [1.165, 1.54) is 18.2 Å². The van der Waals surface area contributed by atoms with E-state index in [0.717, 1.165) is 16.7 Å².